The monoisotopic (exact) mass is 282 g/mol. The maximum absolute atomic E-state index is 11.7. The van der Waals surface area contributed by atoms with Gasteiger partial charge in [-0.25, -0.2) is 0 Å². The van der Waals surface area contributed by atoms with Gasteiger partial charge in [0.1, 0.15) is 12.6 Å². The van der Waals surface area contributed by atoms with E-state index in [9.17, 15) is 14.4 Å². The summed E-state index contributed by atoms with van der Waals surface area (Å²) in [6, 6.07) is 5.62. The fraction of sp³-hybridized carbons (Fsp3) is 0.250. The van der Waals surface area contributed by atoms with Gasteiger partial charge in [0.2, 0.25) is 11.8 Å². The average molecular weight is 283 g/mol. The number of imide groups is 1. The van der Waals surface area contributed by atoms with E-state index in [2.05, 4.69) is 5.32 Å². The van der Waals surface area contributed by atoms with Gasteiger partial charge >= 0.3 is 5.97 Å². The van der Waals surface area contributed by atoms with Gasteiger partial charge in [0.25, 0.3) is 0 Å². The van der Waals surface area contributed by atoms with Crippen LogP contribution >= 0.6 is 11.6 Å². The summed E-state index contributed by atoms with van der Waals surface area (Å²) in [5.41, 5.74) is 0.529. The van der Waals surface area contributed by atoms with Crippen LogP contribution in [0.4, 0.5) is 5.69 Å². The summed E-state index contributed by atoms with van der Waals surface area (Å²) in [5, 5.41) is 11.6. The van der Waals surface area contributed by atoms with E-state index in [0.717, 1.165) is 0 Å². The second kappa shape index (κ2) is 5.27. The van der Waals surface area contributed by atoms with E-state index in [1.807, 2.05) is 0 Å². The quantitative estimate of drug-likeness (QED) is 0.792. The van der Waals surface area contributed by atoms with Gasteiger partial charge < -0.3 is 10.0 Å². The summed E-state index contributed by atoms with van der Waals surface area (Å²) in [6.45, 7) is -0.368. The SMILES string of the molecule is O=C(O)CN(c1ccc(Cl)cc1)C1CC(=O)NC1=O. The molecule has 0 bridgehead atoms. The van der Waals surface area contributed by atoms with Crippen LogP contribution in [0.2, 0.25) is 5.02 Å². The van der Waals surface area contributed by atoms with Crippen LogP contribution in [0.5, 0.6) is 0 Å². The number of aliphatic carboxylic acids is 1. The van der Waals surface area contributed by atoms with Crippen LogP contribution in [0.1, 0.15) is 6.42 Å². The topological polar surface area (TPSA) is 86.7 Å². The molecule has 19 heavy (non-hydrogen) atoms. The van der Waals surface area contributed by atoms with E-state index in [4.69, 9.17) is 16.7 Å². The van der Waals surface area contributed by atoms with Crippen molar-refractivity contribution < 1.29 is 19.5 Å². The zero-order valence-electron chi connectivity index (χ0n) is 9.80. The molecule has 1 fully saturated rings. The van der Waals surface area contributed by atoms with E-state index < -0.39 is 23.8 Å². The third-order valence-electron chi connectivity index (χ3n) is 2.78. The van der Waals surface area contributed by atoms with Crippen molar-refractivity contribution in [2.45, 2.75) is 12.5 Å². The molecule has 1 aromatic rings. The van der Waals surface area contributed by atoms with Crippen LogP contribution in [-0.2, 0) is 14.4 Å². The Kier molecular flexibility index (Phi) is 3.71. The first-order valence-corrected chi connectivity index (χ1v) is 5.93. The van der Waals surface area contributed by atoms with Gasteiger partial charge in [-0.15, -0.1) is 0 Å². The molecule has 2 N–H and O–H groups in total. The van der Waals surface area contributed by atoms with Crippen molar-refractivity contribution in [1.29, 1.82) is 0 Å². The smallest absolute Gasteiger partial charge is 0.323 e. The number of carboxylic acids is 1. The fourth-order valence-electron chi connectivity index (χ4n) is 1.95. The maximum atomic E-state index is 11.7. The van der Waals surface area contributed by atoms with Crippen molar-refractivity contribution in [2.24, 2.45) is 0 Å². The molecule has 6 nitrogen and oxygen atoms in total. The molecule has 7 heteroatoms. The number of benzene rings is 1. The Bertz CT molecular complexity index is 529. The summed E-state index contributed by atoms with van der Waals surface area (Å²) < 4.78 is 0. The molecule has 0 aromatic heterocycles. The highest BCUT2D eigenvalue weighted by molar-refractivity contribution is 6.30. The van der Waals surface area contributed by atoms with Crippen LogP contribution in [0, 0.1) is 0 Å². The average Bonchev–Trinajstić information content (AvgIpc) is 2.66. The Morgan fingerprint density at radius 3 is 2.47 bits per heavy atom. The second-order valence-electron chi connectivity index (χ2n) is 4.13. The predicted molar refractivity (Wildman–Crippen MR) is 68.0 cm³/mol. The summed E-state index contributed by atoms with van der Waals surface area (Å²) in [7, 11) is 0. The van der Waals surface area contributed by atoms with Gasteiger partial charge in [-0.05, 0) is 24.3 Å². The summed E-state index contributed by atoms with van der Waals surface area (Å²) in [4.78, 5) is 35.2. The number of hydrogen-bond acceptors (Lipinski definition) is 4. The summed E-state index contributed by atoms with van der Waals surface area (Å²) in [6.07, 6.45) is -0.0469. The van der Waals surface area contributed by atoms with Gasteiger partial charge in [-0.1, -0.05) is 11.6 Å². The van der Waals surface area contributed by atoms with E-state index in [-0.39, 0.29) is 13.0 Å². The minimum Gasteiger partial charge on any atom is -0.480 e. The first kappa shape index (κ1) is 13.4. The molecule has 1 unspecified atom stereocenters. The number of nitrogens with zero attached hydrogens (tertiary/aromatic N) is 1. The van der Waals surface area contributed by atoms with Gasteiger partial charge in [-0.2, -0.15) is 0 Å². The van der Waals surface area contributed by atoms with E-state index >= 15 is 0 Å². The Balaban J connectivity index is 2.30. The van der Waals surface area contributed by atoms with E-state index in [1.54, 1.807) is 24.3 Å². The molecule has 1 aromatic carbocycles. The van der Waals surface area contributed by atoms with Gasteiger partial charge in [0.15, 0.2) is 0 Å². The lowest BCUT2D eigenvalue weighted by atomic mass is 10.1. The number of rotatable bonds is 4. The molecular formula is C12H11ClN2O4. The minimum atomic E-state index is -1.08. The van der Waals surface area contributed by atoms with Crippen molar-refractivity contribution in [1.82, 2.24) is 5.32 Å². The Hall–Kier alpha value is -2.08. The molecule has 2 amide bonds. The number of carbonyl (C=O) groups excluding carboxylic acids is 2. The number of carbonyl (C=O) groups is 3. The molecule has 1 aliphatic heterocycles. The van der Waals surface area contributed by atoms with E-state index in [1.165, 1.54) is 4.90 Å². The van der Waals surface area contributed by atoms with Crippen LogP contribution < -0.4 is 10.2 Å². The molecule has 1 heterocycles. The minimum absolute atomic E-state index is 0.0469. The van der Waals surface area contributed by atoms with E-state index in [0.29, 0.717) is 10.7 Å². The van der Waals surface area contributed by atoms with Crippen molar-refractivity contribution >= 4 is 35.1 Å². The maximum Gasteiger partial charge on any atom is 0.323 e. The van der Waals surface area contributed by atoms with Crippen molar-refractivity contribution in [3.05, 3.63) is 29.3 Å². The molecule has 0 aliphatic carbocycles. The zero-order chi connectivity index (χ0) is 14.0. The fourth-order valence-corrected chi connectivity index (χ4v) is 2.08. The standard InChI is InChI=1S/C12H11ClN2O4/c13-7-1-3-8(4-2-7)15(6-11(17)18)9-5-10(16)14-12(9)19/h1-4,9H,5-6H2,(H,17,18)(H,14,16,19). The number of halogens is 1. The lowest BCUT2D eigenvalue weighted by Gasteiger charge is -2.27. The molecular weight excluding hydrogens is 272 g/mol. The summed E-state index contributed by atoms with van der Waals surface area (Å²) >= 11 is 5.77. The number of carboxylic acid groups (broad SMARTS) is 1. The molecule has 0 radical (unpaired) electrons. The molecule has 2 rings (SSSR count). The Labute approximate surface area is 114 Å². The van der Waals surface area contributed by atoms with Crippen LogP contribution in [0.15, 0.2) is 24.3 Å². The number of amides is 2. The second-order valence-corrected chi connectivity index (χ2v) is 4.57. The number of hydrogen-bond donors (Lipinski definition) is 2. The van der Waals surface area contributed by atoms with Gasteiger partial charge in [-0.3, -0.25) is 19.7 Å². The number of nitrogens with one attached hydrogen (secondary N) is 1. The Morgan fingerprint density at radius 1 is 1.37 bits per heavy atom. The molecule has 1 atom stereocenters. The van der Waals surface area contributed by atoms with Gasteiger partial charge in [0.05, 0.1) is 6.42 Å². The first-order chi connectivity index (χ1) is 8.97. The van der Waals surface area contributed by atoms with Crippen molar-refractivity contribution in [2.75, 3.05) is 11.4 Å². The number of anilines is 1. The van der Waals surface area contributed by atoms with Crippen LogP contribution in [-0.4, -0.2) is 35.5 Å². The highest BCUT2D eigenvalue weighted by Gasteiger charge is 2.36. The lowest BCUT2D eigenvalue weighted by Crippen LogP contribution is -2.43. The predicted octanol–water partition coefficient (Wildman–Crippen LogP) is 0.646. The highest BCUT2D eigenvalue weighted by Crippen LogP contribution is 2.23. The van der Waals surface area contributed by atoms with Gasteiger partial charge in [0, 0.05) is 10.7 Å². The zero-order valence-corrected chi connectivity index (χ0v) is 10.6. The van der Waals surface area contributed by atoms with Crippen molar-refractivity contribution in [3.63, 3.8) is 0 Å². The first-order valence-electron chi connectivity index (χ1n) is 5.55. The van der Waals surface area contributed by atoms with Crippen molar-refractivity contribution in [3.8, 4) is 0 Å². The molecule has 0 spiro atoms. The molecule has 100 valence electrons. The molecule has 1 aliphatic rings. The summed E-state index contributed by atoms with van der Waals surface area (Å²) in [5.74, 6) is -1.97. The largest absolute Gasteiger partial charge is 0.480 e. The van der Waals surface area contributed by atoms with Crippen LogP contribution in [0.3, 0.4) is 0 Å². The molecule has 1 saturated heterocycles. The molecule has 0 saturated carbocycles. The normalized spacial score (nSPS) is 18.3. The Morgan fingerprint density at radius 2 is 2.00 bits per heavy atom. The highest BCUT2D eigenvalue weighted by atomic mass is 35.5. The lowest BCUT2D eigenvalue weighted by molar-refractivity contribution is -0.135. The third kappa shape index (κ3) is 3.03. The third-order valence-corrected chi connectivity index (χ3v) is 3.04. The van der Waals surface area contributed by atoms with Crippen LogP contribution in [0.25, 0.3) is 0 Å².